The smallest absolute Gasteiger partial charge is 0.261 e. The molecule has 0 saturated heterocycles. The van der Waals surface area contributed by atoms with Crippen molar-refractivity contribution in [1.29, 1.82) is 5.26 Å². The van der Waals surface area contributed by atoms with Gasteiger partial charge in [0.2, 0.25) is 0 Å². The van der Waals surface area contributed by atoms with Gasteiger partial charge in [0.15, 0.2) is 0 Å². The number of likely N-dealkylation sites (N-methyl/N-ethyl adjacent to an activating group) is 1. The molecule has 1 aromatic heterocycles. The van der Waals surface area contributed by atoms with Crippen molar-refractivity contribution >= 4 is 12.0 Å². The number of nitrogens with one attached hydrogen (secondary N) is 1. The van der Waals surface area contributed by atoms with E-state index in [9.17, 15) is 14.4 Å². The fourth-order valence-electron chi connectivity index (χ4n) is 3.47. The first-order valence-corrected chi connectivity index (χ1v) is 11.1. The number of hydrogen-bond donors (Lipinski definition) is 1. The maximum absolute atomic E-state index is 13.2. The van der Waals surface area contributed by atoms with Gasteiger partial charge in [-0.3, -0.25) is 4.79 Å². The number of carbonyl (C=O) groups excluding carboxylic acids is 1. The molecule has 4 rings (SSSR count). The molecule has 35 heavy (non-hydrogen) atoms. The number of hydrogen-bond acceptors (Lipinski definition) is 4. The number of amides is 1. The van der Waals surface area contributed by atoms with Crippen molar-refractivity contribution in [3.05, 3.63) is 108 Å². The summed E-state index contributed by atoms with van der Waals surface area (Å²) in [6, 6.07) is 25.1. The second-order valence-electron chi connectivity index (χ2n) is 7.69. The molecule has 0 aliphatic carbocycles. The molecular formula is C28H23FN4O2. The average Bonchev–Trinajstić information content (AvgIpc) is 3.32. The van der Waals surface area contributed by atoms with Gasteiger partial charge >= 0.3 is 0 Å². The van der Waals surface area contributed by atoms with E-state index in [1.165, 1.54) is 12.1 Å². The van der Waals surface area contributed by atoms with Gasteiger partial charge in [-0.15, -0.1) is 0 Å². The Morgan fingerprint density at radius 1 is 1.11 bits per heavy atom. The molecule has 3 aromatic carbocycles. The maximum atomic E-state index is 13.2. The third kappa shape index (κ3) is 5.81. The van der Waals surface area contributed by atoms with E-state index in [-0.39, 0.29) is 18.0 Å². The van der Waals surface area contributed by atoms with Gasteiger partial charge in [-0.2, -0.15) is 10.4 Å². The van der Waals surface area contributed by atoms with Gasteiger partial charge in [0.25, 0.3) is 5.91 Å². The van der Waals surface area contributed by atoms with Crippen LogP contribution in [0.2, 0.25) is 0 Å². The highest BCUT2D eigenvalue weighted by molar-refractivity contribution is 6.02. The highest BCUT2D eigenvalue weighted by Gasteiger charge is 2.15. The van der Waals surface area contributed by atoms with Crippen LogP contribution in [0.4, 0.5) is 4.39 Å². The van der Waals surface area contributed by atoms with E-state index in [2.05, 4.69) is 5.32 Å². The zero-order valence-electron chi connectivity index (χ0n) is 19.1. The standard InChI is InChI=1S/C28H23FN4O2/c1-2-31-28(34)22(17-30)15-23-18-33(25-8-4-3-5-9-25)32-27(23)21-7-6-10-26(16-21)35-19-20-11-13-24(29)14-12-20/h3-16,18H,2,19H2,1H3,(H,31,34)/b22-15-. The normalized spacial score (nSPS) is 11.1. The second kappa shape index (κ2) is 10.9. The number of carbonyl (C=O) groups is 1. The maximum Gasteiger partial charge on any atom is 0.261 e. The summed E-state index contributed by atoms with van der Waals surface area (Å²) in [5.41, 5.74) is 3.65. The lowest BCUT2D eigenvalue weighted by molar-refractivity contribution is -0.116. The quantitative estimate of drug-likeness (QED) is 0.282. The third-order valence-corrected chi connectivity index (χ3v) is 5.19. The molecule has 1 N–H and O–H groups in total. The molecule has 0 aliphatic heterocycles. The lowest BCUT2D eigenvalue weighted by Gasteiger charge is -2.08. The van der Waals surface area contributed by atoms with E-state index in [1.54, 1.807) is 36.0 Å². The Hall–Kier alpha value is -4.70. The zero-order chi connectivity index (χ0) is 24.6. The van der Waals surface area contributed by atoms with Crippen molar-refractivity contribution in [1.82, 2.24) is 15.1 Å². The van der Waals surface area contributed by atoms with E-state index >= 15 is 0 Å². The summed E-state index contributed by atoms with van der Waals surface area (Å²) in [7, 11) is 0. The molecule has 6 nitrogen and oxygen atoms in total. The molecule has 174 valence electrons. The van der Waals surface area contributed by atoms with Crippen LogP contribution < -0.4 is 10.1 Å². The number of ether oxygens (including phenoxy) is 1. The lowest BCUT2D eigenvalue weighted by atomic mass is 10.1. The molecule has 0 spiro atoms. The van der Waals surface area contributed by atoms with Crippen LogP contribution in [-0.2, 0) is 11.4 Å². The summed E-state index contributed by atoms with van der Waals surface area (Å²) in [5.74, 6) is -0.125. The molecule has 7 heteroatoms. The minimum Gasteiger partial charge on any atom is -0.489 e. The highest BCUT2D eigenvalue weighted by atomic mass is 19.1. The molecule has 0 fully saturated rings. The van der Waals surface area contributed by atoms with Crippen molar-refractivity contribution in [2.75, 3.05) is 6.54 Å². The van der Waals surface area contributed by atoms with Crippen LogP contribution in [0.5, 0.6) is 5.75 Å². The Labute approximate surface area is 202 Å². The average molecular weight is 467 g/mol. The Morgan fingerprint density at radius 2 is 1.89 bits per heavy atom. The van der Waals surface area contributed by atoms with Gasteiger partial charge < -0.3 is 10.1 Å². The topological polar surface area (TPSA) is 79.9 Å². The van der Waals surface area contributed by atoms with Crippen LogP contribution in [0.1, 0.15) is 18.1 Å². The number of halogens is 1. The van der Waals surface area contributed by atoms with E-state index in [0.717, 1.165) is 16.8 Å². The number of aromatic nitrogens is 2. The van der Waals surface area contributed by atoms with Crippen LogP contribution in [0.3, 0.4) is 0 Å². The predicted molar refractivity (Wildman–Crippen MR) is 132 cm³/mol. The fraction of sp³-hybridized carbons (Fsp3) is 0.107. The van der Waals surface area contributed by atoms with E-state index in [0.29, 0.717) is 23.6 Å². The van der Waals surface area contributed by atoms with Crippen molar-refractivity contribution in [2.45, 2.75) is 13.5 Å². The number of para-hydroxylation sites is 1. The van der Waals surface area contributed by atoms with Crippen LogP contribution in [-0.4, -0.2) is 22.2 Å². The first-order chi connectivity index (χ1) is 17.1. The summed E-state index contributed by atoms with van der Waals surface area (Å²) in [6.07, 6.45) is 3.33. The molecule has 4 aromatic rings. The fourth-order valence-corrected chi connectivity index (χ4v) is 3.47. The zero-order valence-corrected chi connectivity index (χ0v) is 19.1. The van der Waals surface area contributed by atoms with Gasteiger partial charge in [-0.1, -0.05) is 42.5 Å². The summed E-state index contributed by atoms with van der Waals surface area (Å²) in [5, 5.41) is 17.0. The van der Waals surface area contributed by atoms with Crippen molar-refractivity contribution in [3.8, 4) is 28.8 Å². The van der Waals surface area contributed by atoms with Crippen molar-refractivity contribution < 1.29 is 13.9 Å². The summed E-state index contributed by atoms with van der Waals surface area (Å²) in [6.45, 7) is 2.50. The van der Waals surface area contributed by atoms with Gasteiger partial charge in [-0.05, 0) is 55.0 Å². The third-order valence-electron chi connectivity index (χ3n) is 5.19. The summed E-state index contributed by atoms with van der Waals surface area (Å²) >= 11 is 0. The van der Waals surface area contributed by atoms with E-state index in [1.807, 2.05) is 60.7 Å². The minimum atomic E-state index is -0.440. The molecule has 0 unspecified atom stereocenters. The Balaban J connectivity index is 1.70. The molecule has 1 heterocycles. The minimum absolute atomic E-state index is 0.00979. The Bertz CT molecular complexity index is 1390. The number of nitriles is 1. The largest absolute Gasteiger partial charge is 0.489 e. The monoisotopic (exact) mass is 466 g/mol. The van der Waals surface area contributed by atoms with Crippen LogP contribution in [0, 0.1) is 17.1 Å². The molecule has 0 radical (unpaired) electrons. The number of rotatable bonds is 8. The number of benzene rings is 3. The summed E-state index contributed by atoms with van der Waals surface area (Å²) in [4.78, 5) is 12.3. The molecule has 0 bridgehead atoms. The Morgan fingerprint density at radius 3 is 2.60 bits per heavy atom. The van der Waals surface area contributed by atoms with Crippen LogP contribution >= 0.6 is 0 Å². The second-order valence-corrected chi connectivity index (χ2v) is 7.69. The van der Waals surface area contributed by atoms with Crippen molar-refractivity contribution in [3.63, 3.8) is 0 Å². The van der Waals surface area contributed by atoms with Gasteiger partial charge in [0.05, 0.1) is 5.69 Å². The first-order valence-electron chi connectivity index (χ1n) is 11.1. The van der Waals surface area contributed by atoms with E-state index in [4.69, 9.17) is 9.84 Å². The molecule has 1 amide bonds. The number of nitrogens with zero attached hydrogens (tertiary/aromatic N) is 3. The predicted octanol–water partition coefficient (Wildman–Crippen LogP) is 5.30. The summed E-state index contributed by atoms with van der Waals surface area (Å²) < 4.78 is 20.8. The first kappa shape index (κ1) is 23.5. The highest BCUT2D eigenvalue weighted by Crippen LogP contribution is 2.29. The molecule has 0 atom stereocenters. The molecule has 0 saturated carbocycles. The van der Waals surface area contributed by atoms with Gasteiger partial charge in [-0.25, -0.2) is 9.07 Å². The molecule has 0 aliphatic rings. The van der Waals surface area contributed by atoms with Crippen LogP contribution in [0.15, 0.2) is 90.6 Å². The molecular weight excluding hydrogens is 443 g/mol. The van der Waals surface area contributed by atoms with Gasteiger partial charge in [0.1, 0.15) is 35.5 Å². The van der Waals surface area contributed by atoms with E-state index < -0.39 is 5.91 Å². The van der Waals surface area contributed by atoms with Gasteiger partial charge in [0, 0.05) is 23.9 Å². The lowest BCUT2D eigenvalue weighted by Crippen LogP contribution is -2.23. The Kier molecular flexibility index (Phi) is 7.34. The van der Waals surface area contributed by atoms with Crippen LogP contribution in [0.25, 0.3) is 23.0 Å². The SMILES string of the molecule is CCNC(=O)/C(C#N)=C\c1cn(-c2ccccc2)nc1-c1cccc(OCc2ccc(F)cc2)c1. The van der Waals surface area contributed by atoms with Crippen molar-refractivity contribution in [2.24, 2.45) is 0 Å².